The predicted octanol–water partition coefficient (Wildman–Crippen LogP) is 7.67. The van der Waals surface area contributed by atoms with E-state index in [1.807, 2.05) is 26.0 Å². The molecule has 3 aliphatic heterocycles. The van der Waals surface area contributed by atoms with Crippen molar-refractivity contribution in [2.24, 2.45) is 35.5 Å². The first-order valence-corrected chi connectivity index (χ1v) is 22.5. The highest BCUT2D eigenvalue weighted by molar-refractivity contribution is 6.30. The monoisotopic (exact) mass is 841 g/mol. The van der Waals surface area contributed by atoms with Crippen LogP contribution in [0.5, 0.6) is 0 Å². The van der Waals surface area contributed by atoms with Crippen LogP contribution in [0.25, 0.3) is 5.57 Å². The van der Waals surface area contributed by atoms with E-state index in [-0.39, 0.29) is 96.8 Å². The minimum absolute atomic E-state index is 0.0147. The second-order valence-electron chi connectivity index (χ2n) is 18.2. The maximum absolute atomic E-state index is 15.0. The Bertz CT molecular complexity index is 1670. The van der Waals surface area contributed by atoms with E-state index in [0.717, 1.165) is 56.1 Å². The van der Waals surface area contributed by atoms with Gasteiger partial charge in [-0.05, 0) is 132 Å². The highest BCUT2D eigenvalue weighted by atomic mass is 35.5. The van der Waals surface area contributed by atoms with Crippen LogP contribution in [0, 0.1) is 35.5 Å². The van der Waals surface area contributed by atoms with Gasteiger partial charge in [-0.2, -0.15) is 0 Å². The Morgan fingerprint density at radius 3 is 2.15 bits per heavy atom. The van der Waals surface area contributed by atoms with E-state index in [9.17, 15) is 4.79 Å². The summed E-state index contributed by atoms with van der Waals surface area (Å²) in [5, 5.41) is 0.669. The van der Waals surface area contributed by atoms with Crippen molar-refractivity contribution in [2.75, 3.05) is 35.4 Å². The fourth-order valence-corrected chi connectivity index (χ4v) is 11.6. The lowest BCUT2D eigenvalue weighted by molar-refractivity contribution is -0.314. The Kier molecular flexibility index (Phi) is 14.8. The van der Waals surface area contributed by atoms with Gasteiger partial charge in [-0.3, -0.25) is 9.59 Å². The highest BCUT2D eigenvalue weighted by Gasteiger charge is 2.54. The molecule has 1 aromatic carbocycles. The van der Waals surface area contributed by atoms with Crippen LogP contribution < -0.4 is 0 Å². The SMILES string of the molecule is CC[C@H]1CCC[C@H](O[C@H]2CC[C@H](N(C)C)C(C)O2)[C@@H](C)C(=O)C2=C[C@@H]3C(C=C(c4ccc(Cl)cc4)C4C[C@@H](O[C@@H]5OC(C)[C@H](OC)C(OC)C5OC)C[C@H]43)[C@@H]2CC(=O)O1. The van der Waals surface area contributed by atoms with Gasteiger partial charge in [-0.1, -0.05) is 49.7 Å². The minimum Gasteiger partial charge on any atom is -0.462 e. The first kappa shape index (κ1) is 44.9. The fourth-order valence-electron chi connectivity index (χ4n) is 11.5. The summed E-state index contributed by atoms with van der Waals surface area (Å²) in [6.07, 6.45) is 7.78. The largest absolute Gasteiger partial charge is 0.462 e. The number of carbonyl (C=O) groups is 2. The van der Waals surface area contributed by atoms with Crippen molar-refractivity contribution >= 4 is 28.9 Å². The van der Waals surface area contributed by atoms with E-state index in [4.69, 9.17) is 49.5 Å². The van der Waals surface area contributed by atoms with Gasteiger partial charge in [0.25, 0.3) is 0 Å². The number of hydrogen-bond donors (Lipinski definition) is 0. The molecule has 6 unspecified atom stereocenters. The third-order valence-electron chi connectivity index (χ3n) is 14.6. The van der Waals surface area contributed by atoms with Crippen molar-refractivity contribution in [3.8, 4) is 0 Å². The second kappa shape index (κ2) is 19.5. The number of benzene rings is 1. The molecule has 4 fully saturated rings. The summed E-state index contributed by atoms with van der Waals surface area (Å²) >= 11 is 6.41. The van der Waals surface area contributed by atoms with Crippen molar-refractivity contribution in [2.45, 2.75) is 153 Å². The van der Waals surface area contributed by atoms with Gasteiger partial charge in [0.2, 0.25) is 0 Å². The van der Waals surface area contributed by atoms with Crippen LogP contribution in [0.1, 0.15) is 91.0 Å². The Hall–Kier alpha value is -2.19. The predicted molar refractivity (Wildman–Crippen MR) is 225 cm³/mol. The van der Waals surface area contributed by atoms with E-state index in [2.05, 4.69) is 57.1 Å². The summed E-state index contributed by atoms with van der Waals surface area (Å²) < 4.78 is 50.3. The number of esters is 1. The van der Waals surface area contributed by atoms with Crippen molar-refractivity contribution < 1.29 is 47.5 Å². The maximum Gasteiger partial charge on any atom is 0.306 e. The Labute approximate surface area is 356 Å². The van der Waals surface area contributed by atoms with Crippen LogP contribution in [0.3, 0.4) is 0 Å². The van der Waals surface area contributed by atoms with E-state index in [1.54, 1.807) is 21.3 Å². The van der Waals surface area contributed by atoms with Crippen molar-refractivity contribution in [1.29, 1.82) is 0 Å². The first-order chi connectivity index (χ1) is 28.3. The summed E-state index contributed by atoms with van der Waals surface area (Å²) in [5.74, 6) is -0.687. The van der Waals surface area contributed by atoms with E-state index >= 15 is 4.79 Å². The molecule has 3 aliphatic carbocycles. The quantitative estimate of drug-likeness (QED) is 0.217. The average Bonchev–Trinajstić information content (AvgIpc) is 3.80. The molecular formula is C47H68ClNO10. The molecule has 0 spiro atoms. The third-order valence-corrected chi connectivity index (χ3v) is 14.8. The maximum atomic E-state index is 15.0. The zero-order valence-corrected chi connectivity index (χ0v) is 37.3. The first-order valence-electron chi connectivity index (χ1n) is 22.1. The summed E-state index contributed by atoms with van der Waals surface area (Å²) in [6, 6.07) is 8.33. The van der Waals surface area contributed by atoms with Gasteiger partial charge < -0.3 is 42.8 Å². The fraction of sp³-hybridized carbons (Fsp3) is 0.745. The van der Waals surface area contributed by atoms with Crippen molar-refractivity contribution in [3.05, 3.63) is 52.6 Å². The number of rotatable bonds is 10. The van der Waals surface area contributed by atoms with Gasteiger partial charge >= 0.3 is 5.97 Å². The Morgan fingerprint density at radius 2 is 1.49 bits per heavy atom. The number of hydrogen-bond acceptors (Lipinski definition) is 11. The zero-order chi connectivity index (χ0) is 42.1. The molecule has 1 aromatic rings. The lowest BCUT2D eigenvalue weighted by Crippen LogP contribution is -2.59. The van der Waals surface area contributed by atoms with Crippen LogP contribution >= 0.6 is 11.6 Å². The molecule has 0 radical (unpaired) electrons. The molecule has 17 atom stereocenters. The Morgan fingerprint density at radius 1 is 0.780 bits per heavy atom. The summed E-state index contributed by atoms with van der Waals surface area (Å²) in [4.78, 5) is 31.1. The molecular weight excluding hydrogens is 774 g/mol. The summed E-state index contributed by atoms with van der Waals surface area (Å²) in [5.41, 5.74) is 3.02. The van der Waals surface area contributed by atoms with E-state index in [1.165, 1.54) is 5.57 Å². The molecule has 0 N–H and O–H groups in total. The number of fused-ring (bicyclic) bond motifs is 5. The van der Waals surface area contributed by atoms with Gasteiger partial charge in [0.15, 0.2) is 18.4 Å². The lowest BCUT2D eigenvalue weighted by atomic mass is 9.66. The van der Waals surface area contributed by atoms with Gasteiger partial charge in [-0.25, -0.2) is 0 Å². The van der Waals surface area contributed by atoms with Gasteiger partial charge in [0.1, 0.15) is 24.4 Å². The van der Waals surface area contributed by atoms with E-state index in [0.29, 0.717) is 17.5 Å². The van der Waals surface area contributed by atoms with Gasteiger partial charge in [0.05, 0.1) is 30.8 Å². The number of allylic oxidation sites excluding steroid dienone is 4. The van der Waals surface area contributed by atoms with E-state index < -0.39 is 18.3 Å². The molecule has 6 aliphatic rings. The van der Waals surface area contributed by atoms with Gasteiger partial charge in [-0.15, -0.1) is 0 Å². The van der Waals surface area contributed by atoms with Crippen molar-refractivity contribution in [3.63, 3.8) is 0 Å². The minimum atomic E-state index is -0.655. The van der Waals surface area contributed by atoms with Crippen LogP contribution in [0.4, 0.5) is 0 Å². The number of likely N-dealkylation sites (N-methyl/N-ethyl adjacent to an activating group) is 1. The lowest BCUT2D eigenvalue weighted by Gasteiger charge is -2.44. The average molecular weight is 843 g/mol. The summed E-state index contributed by atoms with van der Waals surface area (Å²) in [6.45, 7) is 8.16. The zero-order valence-electron chi connectivity index (χ0n) is 36.6. The van der Waals surface area contributed by atoms with Crippen LogP contribution in [-0.4, -0.2) is 120 Å². The topological polar surface area (TPSA) is 111 Å². The number of cyclic esters (lactones) is 1. The molecule has 328 valence electrons. The normalized spacial score (nSPS) is 41.8. The highest BCUT2D eigenvalue weighted by Crippen LogP contribution is 2.58. The molecule has 3 heterocycles. The standard InChI is InChI=1S/C47H68ClNO10/c1-10-30-12-11-13-40(59-42-19-18-39(49(5)6)26(3)55-42)25(2)43(51)38-23-36-34-21-31(58-47-46(54-9)45(53-8)44(52-7)27(4)56-47)20-33(34)32(28-14-16-29(48)17-15-28)22-35(36)37(38)24-41(50)57-30/h14-17,22-23,25-27,30-31,33-37,39-40,42,44-47H,10-13,18-21,24H2,1-9H3/t25-,26?,27?,30+,31-,33?,34-,35?,36+,37+,39+,40+,42+,44+,45?,46?,47+/m1/s1. The number of methoxy groups -OCH3 is 3. The molecule has 3 saturated heterocycles. The number of ether oxygens (including phenoxy) is 8. The van der Waals surface area contributed by atoms with Crippen molar-refractivity contribution in [1.82, 2.24) is 4.90 Å². The summed E-state index contributed by atoms with van der Waals surface area (Å²) in [7, 11) is 9.14. The molecule has 12 heteroatoms. The number of Topliss-reactive ketones (excluding diaryl/α,β-unsaturated/α-hetero) is 1. The van der Waals surface area contributed by atoms with Crippen LogP contribution in [0.15, 0.2) is 42.0 Å². The molecule has 0 bridgehead atoms. The molecule has 1 saturated carbocycles. The molecule has 59 heavy (non-hydrogen) atoms. The molecule has 11 nitrogen and oxygen atoms in total. The number of nitrogens with zero attached hydrogens (tertiary/aromatic N) is 1. The smallest absolute Gasteiger partial charge is 0.306 e. The number of halogens is 1. The molecule has 0 aromatic heterocycles. The third kappa shape index (κ3) is 9.44. The van der Waals surface area contributed by atoms with Gasteiger partial charge in [0, 0.05) is 44.2 Å². The van der Waals surface area contributed by atoms with Crippen LogP contribution in [0.2, 0.25) is 5.02 Å². The molecule has 0 amide bonds. The number of ketones is 1. The Balaban J connectivity index is 1.20. The molecule has 7 rings (SSSR count). The number of carbonyl (C=O) groups excluding carboxylic acids is 2. The second-order valence-corrected chi connectivity index (χ2v) is 18.6. The van der Waals surface area contributed by atoms with Crippen LogP contribution in [-0.2, 0) is 47.5 Å².